The topological polar surface area (TPSA) is 65.5 Å². The SMILES string of the molecule is O=S(=O)(NC[C@H](c1cccnc1)N1CCN(c2ccccc2)CC1)c1cc(F)ccc1F. The van der Waals surface area contributed by atoms with E-state index in [9.17, 15) is 17.2 Å². The summed E-state index contributed by atoms with van der Waals surface area (Å²) in [5, 5.41) is 0. The fourth-order valence-electron chi connectivity index (χ4n) is 3.91. The third-order valence-electron chi connectivity index (χ3n) is 5.60. The Morgan fingerprint density at radius 3 is 2.41 bits per heavy atom. The number of nitrogens with one attached hydrogen (secondary N) is 1. The second kappa shape index (κ2) is 9.72. The number of nitrogens with zero attached hydrogens (tertiary/aromatic N) is 3. The summed E-state index contributed by atoms with van der Waals surface area (Å²) in [5.74, 6) is -1.80. The smallest absolute Gasteiger partial charge is 0.243 e. The number of hydrogen-bond acceptors (Lipinski definition) is 5. The number of pyridine rings is 1. The van der Waals surface area contributed by atoms with E-state index in [2.05, 4.69) is 31.6 Å². The number of halogens is 2. The van der Waals surface area contributed by atoms with Crippen LogP contribution in [0.5, 0.6) is 0 Å². The van der Waals surface area contributed by atoms with E-state index in [1.54, 1.807) is 18.5 Å². The quantitative estimate of drug-likeness (QED) is 0.589. The molecule has 3 aromatic rings. The highest BCUT2D eigenvalue weighted by atomic mass is 32.2. The van der Waals surface area contributed by atoms with Crippen LogP contribution in [0.3, 0.4) is 0 Å². The van der Waals surface area contributed by atoms with E-state index >= 15 is 0 Å². The molecule has 0 saturated carbocycles. The van der Waals surface area contributed by atoms with E-state index in [0.29, 0.717) is 19.2 Å². The van der Waals surface area contributed by atoms with Crippen molar-refractivity contribution in [3.63, 3.8) is 0 Å². The molecule has 1 saturated heterocycles. The Labute approximate surface area is 186 Å². The molecule has 0 amide bonds. The number of hydrogen-bond donors (Lipinski definition) is 1. The summed E-state index contributed by atoms with van der Waals surface area (Å²) in [6, 6.07) is 15.9. The van der Waals surface area contributed by atoms with Crippen LogP contribution in [0.2, 0.25) is 0 Å². The van der Waals surface area contributed by atoms with Gasteiger partial charge in [0.25, 0.3) is 0 Å². The van der Waals surface area contributed by atoms with Crippen molar-refractivity contribution in [3.05, 3.63) is 90.3 Å². The molecule has 0 radical (unpaired) electrons. The van der Waals surface area contributed by atoms with Gasteiger partial charge in [0.1, 0.15) is 16.5 Å². The van der Waals surface area contributed by atoms with Crippen molar-refractivity contribution in [2.75, 3.05) is 37.6 Å². The maximum Gasteiger partial charge on any atom is 0.243 e. The number of piperazine rings is 1. The predicted molar refractivity (Wildman–Crippen MR) is 119 cm³/mol. The molecular formula is C23H24F2N4O2S. The van der Waals surface area contributed by atoms with Crippen LogP contribution in [-0.2, 0) is 10.0 Å². The second-order valence-electron chi connectivity index (χ2n) is 7.59. The zero-order valence-corrected chi connectivity index (χ0v) is 18.2. The third kappa shape index (κ3) is 5.12. The summed E-state index contributed by atoms with van der Waals surface area (Å²) in [6.07, 6.45) is 3.35. The molecule has 32 heavy (non-hydrogen) atoms. The van der Waals surface area contributed by atoms with Crippen LogP contribution in [0.4, 0.5) is 14.5 Å². The molecule has 0 aliphatic carbocycles. The number of rotatable bonds is 7. The Balaban J connectivity index is 1.50. The number of para-hydroxylation sites is 1. The minimum absolute atomic E-state index is 0.00924. The summed E-state index contributed by atoms with van der Waals surface area (Å²) >= 11 is 0. The molecule has 1 fully saturated rings. The first-order chi connectivity index (χ1) is 15.4. The highest BCUT2D eigenvalue weighted by molar-refractivity contribution is 7.89. The minimum Gasteiger partial charge on any atom is -0.369 e. The van der Waals surface area contributed by atoms with Crippen LogP contribution in [0.15, 0.2) is 78.0 Å². The van der Waals surface area contributed by atoms with Gasteiger partial charge in [-0.05, 0) is 42.0 Å². The van der Waals surface area contributed by atoms with Crippen LogP contribution in [0.1, 0.15) is 11.6 Å². The Bertz CT molecular complexity index is 1140. The van der Waals surface area contributed by atoms with Gasteiger partial charge in [-0.2, -0.15) is 0 Å². The molecule has 1 aliphatic rings. The van der Waals surface area contributed by atoms with Crippen molar-refractivity contribution in [2.24, 2.45) is 0 Å². The Kier molecular flexibility index (Phi) is 6.78. The lowest BCUT2D eigenvalue weighted by atomic mass is 10.1. The lowest BCUT2D eigenvalue weighted by molar-refractivity contribution is 0.186. The average molecular weight is 459 g/mol. The van der Waals surface area contributed by atoms with Gasteiger partial charge in [-0.15, -0.1) is 0 Å². The first-order valence-electron chi connectivity index (χ1n) is 10.3. The van der Waals surface area contributed by atoms with Crippen LogP contribution in [-0.4, -0.2) is 51.0 Å². The molecule has 2 heterocycles. The largest absolute Gasteiger partial charge is 0.369 e. The molecule has 1 aliphatic heterocycles. The highest BCUT2D eigenvalue weighted by Gasteiger charge is 2.28. The Morgan fingerprint density at radius 1 is 0.969 bits per heavy atom. The van der Waals surface area contributed by atoms with Gasteiger partial charge in [0.15, 0.2) is 0 Å². The molecule has 168 valence electrons. The van der Waals surface area contributed by atoms with E-state index < -0.39 is 26.6 Å². The van der Waals surface area contributed by atoms with E-state index in [-0.39, 0.29) is 12.6 Å². The van der Waals surface area contributed by atoms with Gasteiger partial charge in [0.2, 0.25) is 10.0 Å². The molecule has 9 heteroatoms. The highest BCUT2D eigenvalue weighted by Crippen LogP contribution is 2.24. The van der Waals surface area contributed by atoms with Crippen LogP contribution >= 0.6 is 0 Å². The number of anilines is 1. The molecule has 2 aromatic carbocycles. The molecular weight excluding hydrogens is 434 g/mol. The van der Waals surface area contributed by atoms with Crippen molar-refractivity contribution in [2.45, 2.75) is 10.9 Å². The van der Waals surface area contributed by atoms with Gasteiger partial charge in [-0.3, -0.25) is 9.88 Å². The Morgan fingerprint density at radius 2 is 1.72 bits per heavy atom. The lowest BCUT2D eigenvalue weighted by Gasteiger charge is -2.40. The van der Waals surface area contributed by atoms with Gasteiger partial charge in [0.05, 0.1) is 6.04 Å². The molecule has 0 bridgehead atoms. The van der Waals surface area contributed by atoms with Crippen molar-refractivity contribution < 1.29 is 17.2 Å². The summed E-state index contributed by atoms with van der Waals surface area (Å²) in [5.41, 5.74) is 2.00. The standard InChI is InChI=1S/C23H24F2N4O2S/c24-19-8-9-21(25)23(15-19)32(30,31)27-17-22(18-5-4-10-26-16-18)29-13-11-28(12-14-29)20-6-2-1-3-7-20/h1-10,15-16,22,27H,11-14,17H2/t22-/m1/s1. The predicted octanol–water partition coefficient (Wildman–Crippen LogP) is 3.20. The molecule has 6 nitrogen and oxygen atoms in total. The van der Waals surface area contributed by atoms with Crippen molar-refractivity contribution in [3.8, 4) is 0 Å². The molecule has 4 rings (SSSR count). The van der Waals surface area contributed by atoms with E-state index in [1.807, 2.05) is 24.3 Å². The van der Waals surface area contributed by atoms with E-state index in [0.717, 1.165) is 36.5 Å². The maximum absolute atomic E-state index is 14.1. The van der Waals surface area contributed by atoms with Gasteiger partial charge in [-0.25, -0.2) is 21.9 Å². The maximum atomic E-state index is 14.1. The fraction of sp³-hybridized carbons (Fsp3) is 0.261. The monoisotopic (exact) mass is 458 g/mol. The van der Waals surface area contributed by atoms with E-state index in [4.69, 9.17) is 0 Å². The van der Waals surface area contributed by atoms with Crippen molar-refractivity contribution >= 4 is 15.7 Å². The summed E-state index contributed by atoms with van der Waals surface area (Å²) in [6.45, 7) is 3.00. The van der Waals surface area contributed by atoms with Crippen LogP contribution in [0, 0.1) is 11.6 Å². The van der Waals surface area contributed by atoms with Crippen LogP contribution in [0.25, 0.3) is 0 Å². The van der Waals surface area contributed by atoms with Crippen LogP contribution < -0.4 is 9.62 Å². The van der Waals surface area contributed by atoms with Crippen molar-refractivity contribution in [1.29, 1.82) is 0 Å². The minimum atomic E-state index is -4.23. The van der Waals surface area contributed by atoms with Gasteiger partial charge in [0, 0.05) is 50.8 Å². The first-order valence-corrected chi connectivity index (χ1v) is 11.8. The molecule has 1 N–H and O–H groups in total. The third-order valence-corrected chi connectivity index (χ3v) is 7.03. The van der Waals surface area contributed by atoms with E-state index in [1.165, 1.54) is 0 Å². The van der Waals surface area contributed by atoms with Crippen molar-refractivity contribution in [1.82, 2.24) is 14.6 Å². The van der Waals surface area contributed by atoms with Gasteiger partial charge < -0.3 is 4.90 Å². The normalized spacial score (nSPS) is 16.1. The number of sulfonamides is 1. The van der Waals surface area contributed by atoms with Gasteiger partial charge in [-0.1, -0.05) is 24.3 Å². The number of benzene rings is 2. The first kappa shape index (κ1) is 22.3. The fourth-order valence-corrected chi connectivity index (χ4v) is 5.04. The summed E-state index contributed by atoms with van der Waals surface area (Å²) in [4.78, 5) is 7.93. The molecule has 1 aromatic heterocycles. The zero-order chi connectivity index (χ0) is 22.6. The summed E-state index contributed by atoms with van der Waals surface area (Å²) in [7, 11) is -4.23. The molecule has 0 spiro atoms. The average Bonchev–Trinajstić information content (AvgIpc) is 2.82. The molecule has 0 unspecified atom stereocenters. The lowest BCUT2D eigenvalue weighted by Crippen LogP contribution is -2.50. The molecule has 1 atom stereocenters. The second-order valence-corrected chi connectivity index (χ2v) is 9.32. The zero-order valence-electron chi connectivity index (χ0n) is 17.4. The van der Waals surface area contributed by atoms with Gasteiger partial charge >= 0.3 is 0 Å². The Hall–Kier alpha value is -2.88. The number of aromatic nitrogens is 1. The summed E-state index contributed by atoms with van der Waals surface area (Å²) < 4.78 is 55.5.